The molecule has 0 fully saturated rings. The van der Waals surface area contributed by atoms with Crippen LogP contribution in [0.15, 0.2) is 17.3 Å². The summed E-state index contributed by atoms with van der Waals surface area (Å²) >= 11 is 1.37. The number of thioether (sulfide) groups is 1. The van der Waals surface area contributed by atoms with Crippen LogP contribution in [0.2, 0.25) is 0 Å². The summed E-state index contributed by atoms with van der Waals surface area (Å²) in [5.41, 5.74) is 6.81. The van der Waals surface area contributed by atoms with E-state index in [9.17, 15) is 4.79 Å². The molecule has 0 aliphatic carbocycles. The van der Waals surface area contributed by atoms with Crippen molar-refractivity contribution >= 4 is 29.2 Å². The highest BCUT2D eigenvalue weighted by Crippen LogP contribution is 2.40. The molecule has 1 aromatic heterocycles. The molecule has 1 aromatic carbocycles. The van der Waals surface area contributed by atoms with E-state index in [2.05, 4.69) is 15.3 Å². The number of aromatic nitrogens is 2. The standard InChI is InChI=1S/C16H20N4O4S/c1-8-12(14(17)21)15(20-16(18-8)25-5)19-9-6-10(22-2)13(24-4)11(7-9)23-3/h6-7H,1-5H3,(H2,17,21)(H,18,19,20). The first kappa shape index (κ1) is 18.7. The number of nitrogens with zero attached hydrogens (tertiary/aromatic N) is 2. The Balaban J connectivity index is 2.56. The van der Waals surface area contributed by atoms with Crippen molar-refractivity contribution in [1.82, 2.24) is 9.97 Å². The first-order valence-electron chi connectivity index (χ1n) is 7.24. The van der Waals surface area contributed by atoms with Gasteiger partial charge in [0.15, 0.2) is 16.7 Å². The largest absolute Gasteiger partial charge is 0.493 e. The predicted octanol–water partition coefficient (Wildman–Crippen LogP) is 2.38. The summed E-state index contributed by atoms with van der Waals surface area (Å²) in [7, 11) is 4.57. The number of carbonyl (C=O) groups excluding carboxylic acids is 1. The molecule has 0 spiro atoms. The van der Waals surface area contributed by atoms with Gasteiger partial charge in [0.05, 0.1) is 27.0 Å². The van der Waals surface area contributed by atoms with Crippen LogP contribution in [0, 0.1) is 6.92 Å². The number of nitrogens with two attached hydrogens (primary N) is 1. The van der Waals surface area contributed by atoms with E-state index in [4.69, 9.17) is 19.9 Å². The number of carbonyl (C=O) groups is 1. The summed E-state index contributed by atoms with van der Waals surface area (Å²) in [4.78, 5) is 20.4. The summed E-state index contributed by atoms with van der Waals surface area (Å²) in [6, 6.07) is 3.42. The third-order valence-electron chi connectivity index (χ3n) is 3.43. The number of nitrogens with one attached hydrogen (secondary N) is 1. The minimum Gasteiger partial charge on any atom is -0.493 e. The van der Waals surface area contributed by atoms with E-state index in [1.807, 2.05) is 6.26 Å². The Kier molecular flexibility index (Phi) is 5.92. The smallest absolute Gasteiger partial charge is 0.254 e. The lowest BCUT2D eigenvalue weighted by molar-refractivity contribution is 0.0999. The van der Waals surface area contributed by atoms with Crippen molar-refractivity contribution in [2.75, 3.05) is 32.9 Å². The van der Waals surface area contributed by atoms with Gasteiger partial charge in [-0.1, -0.05) is 11.8 Å². The maximum Gasteiger partial charge on any atom is 0.254 e. The zero-order valence-corrected chi connectivity index (χ0v) is 15.5. The molecular weight excluding hydrogens is 344 g/mol. The lowest BCUT2D eigenvalue weighted by Crippen LogP contribution is -2.17. The number of hydrogen-bond acceptors (Lipinski definition) is 8. The molecule has 8 nitrogen and oxygen atoms in total. The summed E-state index contributed by atoms with van der Waals surface area (Å²) in [5.74, 6) is 1.12. The molecule has 2 aromatic rings. The van der Waals surface area contributed by atoms with Crippen molar-refractivity contribution in [2.24, 2.45) is 5.73 Å². The van der Waals surface area contributed by atoms with Gasteiger partial charge in [-0.15, -0.1) is 0 Å². The third-order valence-corrected chi connectivity index (χ3v) is 3.97. The molecule has 25 heavy (non-hydrogen) atoms. The number of rotatable bonds is 7. The van der Waals surface area contributed by atoms with Crippen LogP contribution in [0.1, 0.15) is 16.1 Å². The van der Waals surface area contributed by atoms with Crippen LogP contribution in [0.4, 0.5) is 11.5 Å². The van der Waals surface area contributed by atoms with Crippen LogP contribution in [-0.2, 0) is 0 Å². The maximum atomic E-state index is 11.8. The van der Waals surface area contributed by atoms with Crippen molar-refractivity contribution in [1.29, 1.82) is 0 Å². The van der Waals surface area contributed by atoms with Gasteiger partial charge in [-0.3, -0.25) is 4.79 Å². The molecule has 0 aliphatic heterocycles. The number of ether oxygens (including phenoxy) is 3. The Morgan fingerprint density at radius 2 is 1.72 bits per heavy atom. The number of benzene rings is 1. The fourth-order valence-electron chi connectivity index (χ4n) is 2.31. The summed E-state index contributed by atoms with van der Waals surface area (Å²) < 4.78 is 16.0. The minimum absolute atomic E-state index is 0.228. The Labute approximate surface area is 150 Å². The molecule has 1 heterocycles. The van der Waals surface area contributed by atoms with E-state index >= 15 is 0 Å². The van der Waals surface area contributed by atoms with Gasteiger partial charge in [0.1, 0.15) is 11.4 Å². The molecule has 0 saturated carbocycles. The van der Waals surface area contributed by atoms with Gasteiger partial charge in [0.2, 0.25) is 5.75 Å². The van der Waals surface area contributed by atoms with E-state index in [1.54, 1.807) is 19.1 Å². The lowest BCUT2D eigenvalue weighted by Gasteiger charge is -2.16. The van der Waals surface area contributed by atoms with E-state index in [0.717, 1.165) is 0 Å². The third kappa shape index (κ3) is 3.87. The molecule has 134 valence electrons. The van der Waals surface area contributed by atoms with Crippen LogP contribution in [0.3, 0.4) is 0 Å². The predicted molar refractivity (Wildman–Crippen MR) is 96.4 cm³/mol. The Bertz CT molecular complexity index is 773. The number of aryl methyl sites for hydroxylation is 1. The van der Waals surface area contributed by atoms with E-state index in [1.165, 1.54) is 33.1 Å². The molecule has 0 bridgehead atoms. The summed E-state index contributed by atoms with van der Waals surface area (Å²) in [6.45, 7) is 1.71. The quantitative estimate of drug-likeness (QED) is 0.569. The van der Waals surface area contributed by atoms with Gasteiger partial charge in [0.25, 0.3) is 5.91 Å². The minimum atomic E-state index is -0.611. The first-order valence-corrected chi connectivity index (χ1v) is 8.47. The molecule has 0 saturated heterocycles. The summed E-state index contributed by atoms with van der Waals surface area (Å²) in [5, 5.41) is 3.61. The van der Waals surface area contributed by atoms with Gasteiger partial charge in [-0.25, -0.2) is 9.97 Å². The molecule has 0 radical (unpaired) electrons. The zero-order chi connectivity index (χ0) is 18.6. The average Bonchev–Trinajstić information content (AvgIpc) is 2.59. The normalized spacial score (nSPS) is 10.3. The van der Waals surface area contributed by atoms with Gasteiger partial charge in [0, 0.05) is 17.8 Å². The Hall–Kier alpha value is -2.68. The highest BCUT2D eigenvalue weighted by molar-refractivity contribution is 7.98. The monoisotopic (exact) mass is 364 g/mol. The molecule has 9 heteroatoms. The number of anilines is 2. The number of amides is 1. The Morgan fingerprint density at radius 1 is 1.12 bits per heavy atom. The van der Waals surface area contributed by atoms with Crippen molar-refractivity contribution in [3.63, 3.8) is 0 Å². The van der Waals surface area contributed by atoms with E-state index in [-0.39, 0.29) is 5.56 Å². The lowest BCUT2D eigenvalue weighted by atomic mass is 10.2. The van der Waals surface area contributed by atoms with Crippen molar-refractivity contribution in [3.05, 3.63) is 23.4 Å². The molecular formula is C16H20N4O4S. The number of methoxy groups -OCH3 is 3. The molecule has 1 amide bonds. The second-order valence-corrected chi connectivity index (χ2v) is 5.70. The van der Waals surface area contributed by atoms with Gasteiger partial charge in [-0.05, 0) is 13.2 Å². The van der Waals surface area contributed by atoms with Crippen LogP contribution in [0.25, 0.3) is 0 Å². The summed E-state index contributed by atoms with van der Waals surface area (Å²) in [6.07, 6.45) is 1.85. The molecule has 0 unspecified atom stereocenters. The van der Waals surface area contributed by atoms with Crippen molar-refractivity contribution < 1.29 is 19.0 Å². The molecule has 3 N–H and O–H groups in total. The highest BCUT2D eigenvalue weighted by atomic mass is 32.2. The van der Waals surface area contributed by atoms with Crippen LogP contribution in [0.5, 0.6) is 17.2 Å². The molecule has 0 aliphatic rings. The SMILES string of the molecule is COc1cc(Nc2nc(SC)nc(C)c2C(N)=O)cc(OC)c1OC. The van der Waals surface area contributed by atoms with E-state index < -0.39 is 5.91 Å². The molecule has 0 atom stereocenters. The highest BCUT2D eigenvalue weighted by Gasteiger charge is 2.19. The van der Waals surface area contributed by atoms with Crippen molar-refractivity contribution in [3.8, 4) is 17.2 Å². The van der Waals surface area contributed by atoms with Gasteiger partial charge < -0.3 is 25.3 Å². The van der Waals surface area contributed by atoms with Crippen LogP contribution >= 0.6 is 11.8 Å². The first-order chi connectivity index (χ1) is 11.9. The topological polar surface area (TPSA) is 109 Å². The Morgan fingerprint density at radius 3 is 2.16 bits per heavy atom. The fourth-order valence-corrected chi connectivity index (χ4v) is 2.72. The zero-order valence-electron chi connectivity index (χ0n) is 14.7. The van der Waals surface area contributed by atoms with Crippen molar-refractivity contribution in [2.45, 2.75) is 12.1 Å². The van der Waals surface area contributed by atoms with Gasteiger partial charge in [-0.2, -0.15) is 0 Å². The number of primary amides is 1. The fraction of sp³-hybridized carbons (Fsp3) is 0.312. The van der Waals surface area contributed by atoms with Crippen LogP contribution < -0.4 is 25.3 Å². The molecule has 2 rings (SSSR count). The maximum absolute atomic E-state index is 11.8. The second-order valence-electron chi connectivity index (χ2n) is 4.92. The second kappa shape index (κ2) is 7.93. The number of hydrogen-bond donors (Lipinski definition) is 2. The van der Waals surface area contributed by atoms with E-state index in [0.29, 0.717) is 39.6 Å². The average molecular weight is 364 g/mol. The van der Waals surface area contributed by atoms with Gasteiger partial charge >= 0.3 is 0 Å². The van der Waals surface area contributed by atoms with Crippen LogP contribution in [-0.4, -0.2) is 43.5 Å².